The minimum absolute atomic E-state index is 1.15. The van der Waals surface area contributed by atoms with Crippen LogP contribution < -0.4 is 0 Å². The highest BCUT2D eigenvalue weighted by atomic mass is 15.0. The maximum Gasteiger partial charge on any atom is 0.0641 e. The Bertz CT molecular complexity index is 6610. The molecule has 0 aliphatic heterocycles. The topological polar surface area (TPSA) is 19.7 Å². The summed E-state index contributed by atoms with van der Waals surface area (Å²) >= 11 is 0. The molecule has 0 saturated carbocycles. The van der Waals surface area contributed by atoms with Crippen molar-refractivity contribution in [2.75, 3.05) is 0 Å². The second kappa shape index (κ2) is 20.5. The van der Waals surface area contributed by atoms with Gasteiger partial charge in [-0.3, -0.25) is 0 Å². The van der Waals surface area contributed by atoms with Gasteiger partial charge in [-0.15, -0.1) is 0 Å². The summed E-state index contributed by atoms with van der Waals surface area (Å²) in [6.45, 7) is 0. The largest absolute Gasteiger partial charge is 0.309 e. The van der Waals surface area contributed by atoms with Crippen LogP contribution >= 0.6 is 0 Å². The predicted octanol–water partition coefficient (Wildman–Crippen LogP) is 24.3. The lowest BCUT2D eigenvalue weighted by Gasteiger charge is -2.16. The van der Waals surface area contributed by atoms with E-state index in [0.29, 0.717) is 0 Å². The van der Waals surface area contributed by atoms with Crippen molar-refractivity contribution in [3.05, 3.63) is 340 Å². The zero-order chi connectivity index (χ0) is 61.5. The first kappa shape index (κ1) is 52.3. The Balaban J connectivity index is 0.000000130. The number of benzene rings is 17. The third kappa shape index (κ3) is 7.50. The van der Waals surface area contributed by atoms with Gasteiger partial charge >= 0.3 is 0 Å². The van der Waals surface area contributed by atoms with Crippen LogP contribution in [0.15, 0.2) is 340 Å². The Morgan fingerprint density at radius 2 is 0.468 bits per heavy atom. The van der Waals surface area contributed by atoms with Gasteiger partial charge in [-0.1, -0.05) is 261 Å². The van der Waals surface area contributed by atoms with Crippen molar-refractivity contribution < 1.29 is 0 Å². The molecule has 4 aromatic heterocycles. The Kier molecular flexibility index (Phi) is 11.4. The fraction of sp³-hybridized carbons (Fsp3) is 0. The SMILES string of the molecule is c1ccc(-n2c3ccccc3c3ccc4c(c5ccccc5n4-c4ccc(-c5cccc6c7ccccc7c7ccccc7c56)cc4)c32)cc1.c1ccc(-n2c3ccccc3c3ccc4c(c5ccccc5n4-c4cccc5c6ccccc6c6ccccc6c45)c32)cc1. The van der Waals surface area contributed by atoms with Gasteiger partial charge in [0.15, 0.2) is 0 Å². The Labute approximate surface area is 540 Å². The van der Waals surface area contributed by atoms with Gasteiger partial charge in [0.05, 0.1) is 49.8 Å². The summed E-state index contributed by atoms with van der Waals surface area (Å²) in [6.07, 6.45) is 0. The fourth-order valence-corrected chi connectivity index (χ4v) is 16.4. The van der Waals surface area contributed by atoms with Crippen LogP contribution in [-0.4, -0.2) is 18.3 Å². The molecule has 4 nitrogen and oxygen atoms in total. The number of fused-ring (bicyclic) bond motifs is 26. The van der Waals surface area contributed by atoms with Gasteiger partial charge in [0, 0.05) is 65.5 Å². The van der Waals surface area contributed by atoms with E-state index in [4.69, 9.17) is 0 Å². The van der Waals surface area contributed by atoms with E-state index in [0.717, 1.165) is 5.69 Å². The van der Waals surface area contributed by atoms with E-state index >= 15 is 0 Å². The van der Waals surface area contributed by atoms with Crippen molar-refractivity contribution in [2.45, 2.75) is 0 Å². The number of hydrogen-bond donors (Lipinski definition) is 0. The summed E-state index contributed by atoms with van der Waals surface area (Å²) in [4.78, 5) is 0. The Hall–Kier alpha value is -12.5. The molecule has 0 aliphatic rings. The standard InChI is InChI=1S/C48H30N2.C42H26N2/c1-2-13-32(14-3-1)50-43-23-10-8-18-38(43)41-29-30-45-47(48(41)50)42-20-9-11-24-44(42)49(45)33-27-25-31(26-28-33)34-21-12-22-40-37-16-5-4-15-35(37)36-17-6-7-19-39(36)46(34)40;1-2-13-27(14-3-1)43-36-22-10-8-18-31(36)34-25-26-39-41(42(34)43)35-20-9-11-23-37(35)44(39)38-24-12-21-33-30-16-5-4-15-28(30)29-17-6-7-19-32(29)40(33)38/h1-30H;1-26H. The third-order valence-corrected chi connectivity index (χ3v) is 20.2. The second-order valence-corrected chi connectivity index (χ2v) is 25.0. The van der Waals surface area contributed by atoms with Crippen molar-refractivity contribution in [3.63, 3.8) is 0 Å². The average molecular weight is 1190 g/mol. The molecule has 0 fully saturated rings. The first-order valence-electron chi connectivity index (χ1n) is 32.5. The molecule has 4 heterocycles. The highest BCUT2D eigenvalue weighted by molar-refractivity contribution is 6.32. The molecule has 17 aromatic carbocycles. The van der Waals surface area contributed by atoms with Crippen LogP contribution in [0.25, 0.3) is 186 Å². The molecule has 0 atom stereocenters. The molecule has 0 unspecified atom stereocenters. The molecule has 21 rings (SSSR count). The van der Waals surface area contributed by atoms with Gasteiger partial charge in [-0.25, -0.2) is 0 Å². The van der Waals surface area contributed by atoms with Crippen LogP contribution in [0.5, 0.6) is 0 Å². The normalized spacial score (nSPS) is 12.0. The second-order valence-electron chi connectivity index (χ2n) is 25.0. The molecular formula is C90H56N4. The zero-order valence-corrected chi connectivity index (χ0v) is 51.1. The minimum atomic E-state index is 1.15. The molecule has 436 valence electrons. The molecule has 0 saturated heterocycles. The summed E-state index contributed by atoms with van der Waals surface area (Å²) in [5.41, 5.74) is 16.9. The molecule has 0 amide bonds. The van der Waals surface area contributed by atoms with Crippen molar-refractivity contribution in [1.29, 1.82) is 0 Å². The maximum atomic E-state index is 2.50. The highest BCUT2D eigenvalue weighted by Crippen LogP contribution is 2.47. The average Bonchev–Trinajstić information content (AvgIpc) is 1.47. The molecule has 0 bridgehead atoms. The van der Waals surface area contributed by atoms with Crippen LogP contribution in [0, 0.1) is 0 Å². The van der Waals surface area contributed by atoms with Crippen molar-refractivity contribution in [3.8, 4) is 33.9 Å². The van der Waals surface area contributed by atoms with Crippen molar-refractivity contribution >= 4 is 152 Å². The van der Waals surface area contributed by atoms with Gasteiger partial charge in [-0.05, 0) is 149 Å². The molecule has 0 N–H and O–H groups in total. The van der Waals surface area contributed by atoms with E-state index in [1.165, 1.54) is 180 Å². The van der Waals surface area contributed by atoms with Crippen LogP contribution in [0.1, 0.15) is 0 Å². The first-order valence-corrected chi connectivity index (χ1v) is 32.5. The van der Waals surface area contributed by atoms with Gasteiger partial charge in [0.2, 0.25) is 0 Å². The first-order chi connectivity index (χ1) is 46.7. The number of rotatable bonds is 5. The van der Waals surface area contributed by atoms with Crippen molar-refractivity contribution in [2.24, 2.45) is 0 Å². The third-order valence-electron chi connectivity index (χ3n) is 20.2. The smallest absolute Gasteiger partial charge is 0.0641 e. The molecule has 4 heteroatoms. The molecule has 94 heavy (non-hydrogen) atoms. The van der Waals surface area contributed by atoms with E-state index in [9.17, 15) is 0 Å². The number of hydrogen-bond acceptors (Lipinski definition) is 0. The molecule has 0 spiro atoms. The molecule has 0 aliphatic carbocycles. The molecular weight excluding hydrogens is 1140 g/mol. The number of para-hydroxylation sites is 6. The van der Waals surface area contributed by atoms with Crippen molar-refractivity contribution in [1.82, 2.24) is 18.3 Å². The van der Waals surface area contributed by atoms with Crippen LogP contribution in [0.2, 0.25) is 0 Å². The van der Waals surface area contributed by atoms with E-state index in [1.807, 2.05) is 0 Å². The summed E-state index contributed by atoms with van der Waals surface area (Å²) in [5, 5.41) is 25.6. The molecule has 21 aromatic rings. The van der Waals surface area contributed by atoms with E-state index < -0.39 is 0 Å². The molecule has 0 radical (unpaired) electrons. The van der Waals surface area contributed by atoms with Gasteiger partial charge in [0.1, 0.15) is 0 Å². The van der Waals surface area contributed by atoms with E-state index in [2.05, 4.69) is 358 Å². The quantitative estimate of drug-likeness (QED) is 0.153. The number of nitrogens with zero attached hydrogens (tertiary/aromatic N) is 4. The summed E-state index contributed by atoms with van der Waals surface area (Å²) in [7, 11) is 0. The lowest BCUT2D eigenvalue weighted by atomic mass is 9.89. The number of aromatic nitrogens is 4. The van der Waals surface area contributed by atoms with Crippen LogP contribution in [0.4, 0.5) is 0 Å². The fourth-order valence-electron chi connectivity index (χ4n) is 16.4. The zero-order valence-electron chi connectivity index (χ0n) is 51.1. The Morgan fingerprint density at radius 1 is 0.149 bits per heavy atom. The summed E-state index contributed by atoms with van der Waals surface area (Å²) < 4.78 is 9.84. The van der Waals surface area contributed by atoms with Gasteiger partial charge in [0.25, 0.3) is 0 Å². The summed E-state index contributed by atoms with van der Waals surface area (Å²) in [6, 6.07) is 124. The predicted molar refractivity (Wildman–Crippen MR) is 401 cm³/mol. The highest BCUT2D eigenvalue weighted by Gasteiger charge is 2.25. The lowest BCUT2D eigenvalue weighted by molar-refractivity contribution is 1.17. The van der Waals surface area contributed by atoms with E-state index in [-0.39, 0.29) is 0 Å². The van der Waals surface area contributed by atoms with E-state index in [1.54, 1.807) is 0 Å². The Morgan fingerprint density at radius 3 is 0.926 bits per heavy atom. The summed E-state index contributed by atoms with van der Waals surface area (Å²) in [5.74, 6) is 0. The minimum Gasteiger partial charge on any atom is -0.309 e. The van der Waals surface area contributed by atoms with Crippen LogP contribution in [0.3, 0.4) is 0 Å². The van der Waals surface area contributed by atoms with Gasteiger partial charge < -0.3 is 18.3 Å². The van der Waals surface area contributed by atoms with Crippen LogP contribution in [-0.2, 0) is 0 Å². The lowest BCUT2D eigenvalue weighted by Crippen LogP contribution is -1.97. The maximum absolute atomic E-state index is 2.50. The monoisotopic (exact) mass is 1190 g/mol. The van der Waals surface area contributed by atoms with Gasteiger partial charge in [-0.2, -0.15) is 0 Å².